The first kappa shape index (κ1) is 12.5. The normalized spacial score (nSPS) is 11.3. The molecule has 0 spiro atoms. The largest absolute Gasteiger partial charge is 0.287 e. The average molecular weight is 258 g/mol. The lowest BCUT2D eigenvalue weighted by atomic mass is 10.1. The molecule has 0 saturated heterocycles. The molecule has 0 aliphatic carbocycles. The zero-order valence-corrected chi connectivity index (χ0v) is 10.7. The van der Waals surface area contributed by atoms with Crippen molar-refractivity contribution in [3.63, 3.8) is 0 Å². The maximum atomic E-state index is 12.1. The van der Waals surface area contributed by atoms with Gasteiger partial charge in [-0.1, -0.05) is 54.1 Å². The Morgan fingerprint density at radius 1 is 1.00 bits per heavy atom. The van der Waals surface area contributed by atoms with Gasteiger partial charge in [-0.25, -0.2) is 4.99 Å². The molecule has 2 nitrogen and oxygen atoms in total. The number of para-hydroxylation sites is 1. The van der Waals surface area contributed by atoms with Crippen LogP contribution in [0.3, 0.4) is 0 Å². The summed E-state index contributed by atoms with van der Waals surface area (Å²) in [5.74, 6) is -0.0875. The Kier molecular flexibility index (Phi) is 3.90. The van der Waals surface area contributed by atoms with Crippen LogP contribution in [0.2, 0.25) is 5.02 Å². The number of carbonyl (C=O) groups excluding carboxylic acids is 1. The molecule has 0 amide bonds. The molecule has 0 radical (unpaired) electrons. The summed E-state index contributed by atoms with van der Waals surface area (Å²) in [6.07, 6.45) is 0. The van der Waals surface area contributed by atoms with Crippen molar-refractivity contribution in [2.75, 3.05) is 0 Å². The van der Waals surface area contributed by atoms with Gasteiger partial charge in [-0.05, 0) is 19.1 Å². The van der Waals surface area contributed by atoms with Crippen molar-refractivity contribution >= 4 is 28.8 Å². The maximum absolute atomic E-state index is 12.1. The molecule has 3 heteroatoms. The van der Waals surface area contributed by atoms with E-state index in [1.165, 1.54) is 0 Å². The fourth-order valence-corrected chi connectivity index (χ4v) is 1.75. The molecule has 90 valence electrons. The number of benzene rings is 2. The molecule has 0 heterocycles. The molecule has 0 unspecified atom stereocenters. The fourth-order valence-electron chi connectivity index (χ4n) is 1.57. The topological polar surface area (TPSA) is 29.4 Å². The number of aliphatic imine (C=N–C) groups is 1. The predicted molar refractivity (Wildman–Crippen MR) is 75.0 cm³/mol. The second-order valence-corrected chi connectivity index (χ2v) is 4.25. The highest BCUT2D eigenvalue weighted by Gasteiger charge is 2.09. The summed E-state index contributed by atoms with van der Waals surface area (Å²) in [6.45, 7) is 1.69. The van der Waals surface area contributed by atoms with Crippen molar-refractivity contribution in [2.24, 2.45) is 4.99 Å². The number of Topliss-reactive ketones (excluding diaryl/α,β-unsaturated/α-hetero) is 1. The van der Waals surface area contributed by atoms with E-state index in [0.29, 0.717) is 22.0 Å². The summed E-state index contributed by atoms with van der Waals surface area (Å²) < 4.78 is 0. The summed E-state index contributed by atoms with van der Waals surface area (Å²) in [4.78, 5) is 16.4. The zero-order valence-electron chi connectivity index (χ0n) is 9.93. The minimum absolute atomic E-state index is 0.0875. The highest BCUT2D eigenvalue weighted by Crippen LogP contribution is 2.24. The Labute approximate surface area is 111 Å². The van der Waals surface area contributed by atoms with E-state index in [1.807, 2.05) is 30.3 Å². The number of carbonyl (C=O) groups is 1. The van der Waals surface area contributed by atoms with Crippen LogP contribution in [-0.2, 0) is 0 Å². The first-order valence-electron chi connectivity index (χ1n) is 5.58. The number of ketones is 1. The van der Waals surface area contributed by atoms with Gasteiger partial charge in [-0.2, -0.15) is 0 Å². The minimum atomic E-state index is -0.0875. The molecule has 2 rings (SSSR count). The molecule has 0 aliphatic heterocycles. The highest BCUT2D eigenvalue weighted by atomic mass is 35.5. The van der Waals surface area contributed by atoms with Crippen LogP contribution < -0.4 is 0 Å². The molecular formula is C15H12ClNO. The van der Waals surface area contributed by atoms with E-state index < -0.39 is 0 Å². The molecular weight excluding hydrogens is 246 g/mol. The molecule has 0 aliphatic rings. The van der Waals surface area contributed by atoms with Gasteiger partial charge in [0.1, 0.15) is 0 Å². The fraction of sp³-hybridized carbons (Fsp3) is 0.0667. The van der Waals surface area contributed by atoms with Crippen LogP contribution in [0.15, 0.2) is 59.6 Å². The molecule has 2 aromatic rings. The zero-order chi connectivity index (χ0) is 13.0. The van der Waals surface area contributed by atoms with Crippen LogP contribution >= 0.6 is 11.6 Å². The number of hydrogen-bond acceptors (Lipinski definition) is 2. The lowest BCUT2D eigenvalue weighted by molar-refractivity contribution is 0.106. The van der Waals surface area contributed by atoms with Gasteiger partial charge in [0.05, 0.1) is 16.4 Å². The summed E-state index contributed by atoms with van der Waals surface area (Å²) in [7, 11) is 0. The Morgan fingerprint density at radius 3 is 2.28 bits per heavy atom. The first-order valence-corrected chi connectivity index (χ1v) is 5.96. The molecule has 0 atom stereocenters. The quantitative estimate of drug-likeness (QED) is 0.595. The first-order chi connectivity index (χ1) is 8.68. The molecule has 0 saturated carbocycles. The molecule has 2 aromatic carbocycles. The third-order valence-electron chi connectivity index (χ3n) is 2.51. The van der Waals surface area contributed by atoms with Gasteiger partial charge in [0.25, 0.3) is 0 Å². The smallest absolute Gasteiger partial charge is 0.206 e. The third-order valence-corrected chi connectivity index (χ3v) is 2.82. The van der Waals surface area contributed by atoms with Crippen molar-refractivity contribution in [3.8, 4) is 0 Å². The van der Waals surface area contributed by atoms with E-state index in [1.54, 1.807) is 31.2 Å². The van der Waals surface area contributed by atoms with E-state index in [0.717, 1.165) is 0 Å². The van der Waals surface area contributed by atoms with Crippen LogP contribution in [0.25, 0.3) is 0 Å². The van der Waals surface area contributed by atoms with E-state index >= 15 is 0 Å². The molecule has 0 fully saturated rings. The Hall–Kier alpha value is -1.93. The highest BCUT2D eigenvalue weighted by molar-refractivity contribution is 6.45. The van der Waals surface area contributed by atoms with E-state index in [4.69, 9.17) is 11.6 Å². The van der Waals surface area contributed by atoms with Crippen LogP contribution in [0.1, 0.15) is 17.3 Å². The SMILES string of the molecule is CC(=Nc1ccccc1Cl)C(=O)c1ccccc1. The Bertz CT molecular complexity index is 590. The van der Waals surface area contributed by atoms with Crippen LogP contribution in [0, 0.1) is 0 Å². The molecule has 18 heavy (non-hydrogen) atoms. The third kappa shape index (κ3) is 2.84. The number of nitrogens with zero attached hydrogens (tertiary/aromatic N) is 1. The molecule has 0 bridgehead atoms. The number of halogens is 1. The summed E-state index contributed by atoms with van der Waals surface area (Å²) >= 11 is 6.00. The standard InChI is InChI=1S/C15H12ClNO/c1-11(15(18)12-7-3-2-4-8-12)17-14-10-6-5-9-13(14)16/h2-10H,1H3. The lowest BCUT2D eigenvalue weighted by Crippen LogP contribution is -2.09. The van der Waals surface area contributed by atoms with Gasteiger partial charge in [0, 0.05) is 5.56 Å². The van der Waals surface area contributed by atoms with Gasteiger partial charge in [-0.3, -0.25) is 4.79 Å². The second-order valence-electron chi connectivity index (χ2n) is 3.84. The van der Waals surface area contributed by atoms with Crippen LogP contribution in [-0.4, -0.2) is 11.5 Å². The van der Waals surface area contributed by atoms with Gasteiger partial charge in [-0.15, -0.1) is 0 Å². The molecule has 0 N–H and O–H groups in total. The van der Waals surface area contributed by atoms with Crippen molar-refractivity contribution in [1.82, 2.24) is 0 Å². The maximum Gasteiger partial charge on any atom is 0.206 e. The second kappa shape index (κ2) is 5.61. The van der Waals surface area contributed by atoms with Gasteiger partial charge in [0.15, 0.2) is 0 Å². The van der Waals surface area contributed by atoms with Crippen molar-refractivity contribution < 1.29 is 4.79 Å². The lowest BCUT2D eigenvalue weighted by Gasteiger charge is -2.02. The van der Waals surface area contributed by atoms with Gasteiger partial charge >= 0.3 is 0 Å². The number of rotatable bonds is 3. The summed E-state index contributed by atoms with van der Waals surface area (Å²) in [5, 5.41) is 0.540. The Balaban J connectivity index is 2.30. The summed E-state index contributed by atoms with van der Waals surface area (Å²) in [5.41, 5.74) is 1.67. The Morgan fingerprint density at radius 2 is 1.61 bits per heavy atom. The predicted octanol–water partition coefficient (Wildman–Crippen LogP) is 4.32. The average Bonchev–Trinajstić information content (AvgIpc) is 2.41. The van der Waals surface area contributed by atoms with E-state index in [2.05, 4.69) is 4.99 Å². The van der Waals surface area contributed by atoms with Crippen LogP contribution in [0.5, 0.6) is 0 Å². The minimum Gasteiger partial charge on any atom is -0.287 e. The molecule has 0 aromatic heterocycles. The van der Waals surface area contributed by atoms with Crippen molar-refractivity contribution in [3.05, 3.63) is 65.2 Å². The van der Waals surface area contributed by atoms with E-state index in [9.17, 15) is 4.79 Å². The van der Waals surface area contributed by atoms with E-state index in [-0.39, 0.29) is 5.78 Å². The summed E-state index contributed by atoms with van der Waals surface area (Å²) in [6, 6.07) is 16.3. The monoisotopic (exact) mass is 257 g/mol. The van der Waals surface area contributed by atoms with Crippen molar-refractivity contribution in [1.29, 1.82) is 0 Å². The van der Waals surface area contributed by atoms with Crippen molar-refractivity contribution in [2.45, 2.75) is 6.92 Å². The van der Waals surface area contributed by atoms with Gasteiger partial charge in [0.2, 0.25) is 5.78 Å². The number of hydrogen-bond donors (Lipinski definition) is 0. The van der Waals surface area contributed by atoms with Gasteiger partial charge < -0.3 is 0 Å². The van der Waals surface area contributed by atoms with Crippen LogP contribution in [0.4, 0.5) is 5.69 Å².